The number of Topliss-reactive ketones (excluding diaryl/α,β-unsaturated/α-hetero) is 1. The largest absolute Gasteiger partial charge is 0.458 e. The second kappa shape index (κ2) is 7.23. The Kier molecular flexibility index (Phi) is 5.10. The molecule has 0 saturated heterocycles. The molecular weight excluding hydrogens is 280 g/mol. The van der Waals surface area contributed by atoms with Gasteiger partial charge in [-0.25, -0.2) is 0 Å². The lowest BCUT2D eigenvalue weighted by Gasteiger charge is -2.08. The van der Waals surface area contributed by atoms with Crippen molar-refractivity contribution in [3.05, 3.63) is 59.5 Å². The van der Waals surface area contributed by atoms with Crippen LogP contribution in [0.3, 0.4) is 0 Å². The van der Waals surface area contributed by atoms with Crippen molar-refractivity contribution in [2.75, 3.05) is 6.54 Å². The lowest BCUT2D eigenvalue weighted by atomic mass is 10.0. The second-order valence-electron chi connectivity index (χ2n) is 4.86. The van der Waals surface area contributed by atoms with E-state index in [0.29, 0.717) is 18.7 Å². The van der Waals surface area contributed by atoms with Crippen LogP contribution in [0, 0.1) is 24.2 Å². The molecule has 1 atom stereocenters. The molecule has 0 aliphatic rings. The molecule has 1 heterocycles. The van der Waals surface area contributed by atoms with Crippen molar-refractivity contribution in [3.8, 4) is 6.07 Å². The van der Waals surface area contributed by atoms with Gasteiger partial charge < -0.3 is 9.73 Å². The first-order chi connectivity index (χ1) is 10.6. The summed E-state index contributed by atoms with van der Waals surface area (Å²) in [6, 6.07) is 14.5. The summed E-state index contributed by atoms with van der Waals surface area (Å²) < 4.78 is 5.17. The molecule has 0 aliphatic heterocycles. The van der Waals surface area contributed by atoms with Gasteiger partial charge in [-0.1, -0.05) is 30.3 Å². The van der Waals surface area contributed by atoms with Crippen molar-refractivity contribution in [1.82, 2.24) is 5.32 Å². The van der Waals surface area contributed by atoms with Crippen LogP contribution in [0.2, 0.25) is 0 Å². The molecule has 5 nitrogen and oxygen atoms in total. The lowest BCUT2D eigenvalue weighted by Crippen LogP contribution is -2.35. The van der Waals surface area contributed by atoms with Gasteiger partial charge in [-0.2, -0.15) is 5.26 Å². The first-order valence-electron chi connectivity index (χ1n) is 6.93. The minimum absolute atomic E-state index is 0.0299. The van der Waals surface area contributed by atoms with Crippen molar-refractivity contribution in [2.24, 2.45) is 5.92 Å². The fraction of sp³-hybridized carbons (Fsp3) is 0.235. The summed E-state index contributed by atoms with van der Waals surface area (Å²) >= 11 is 0. The number of nitriles is 1. The minimum Gasteiger partial charge on any atom is -0.458 e. The van der Waals surface area contributed by atoms with E-state index in [-0.39, 0.29) is 5.76 Å². The SMILES string of the molecule is Cc1ccc(C(=O)[C@@H](C#N)C(=O)NCCc2ccccc2)o1. The molecule has 0 spiro atoms. The molecule has 0 fully saturated rings. The number of rotatable bonds is 6. The van der Waals surface area contributed by atoms with Crippen molar-refractivity contribution in [2.45, 2.75) is 13.3 Å². The minimum atomic E-state index is -1.39. The highest BCUT2D eigenvalue weighted by atomic mass is 16.3. The standard InChI is InChI=1S/C17H16N2O3/c1-12-7-8-15(22-12)16(20)14(11-18)17(21)19-10-9-13-5-3-2-4-6-13/h2-8,14H,9-10H2,1H3,(H,19,21)/t14-/m1/s1. The van der Waals surface area contributed by atoms with E-state index < -0.39 is 17.6 Å². The summed E-state index contributed by atoms with van der Waals surface area (Å²) in [7, 11) is 0. The molecule has 0 unspecified atom stereocenters. The first kappa shape index (κ1) is 15.5. The Morgan fingerprint density at radius 2 is 1.95 bits per heavy atom. The van der Waals surface area contributed by atoms with Crippen molar-refractivity contribution in [1.29, 1.82) is 5.26 Å². The van der Waals surface area contributed by atoms with Gasteiger partial charge in [0.05, 0.1) is 6.07 Å². The second-order valence-corrected chi connectivity index (χ2v) is 4.86. The maximum absolute atomic E-state index is 12.1. The van der Waals surface area contributed by atoms with Gasteiger partial charge >= 0.3 is 0 Å². The number of amides is 1. The maximum Gasteiger partial charge on any atom is 0.245 e. The van der Waals surface area contributed by atoms with Crippen LogP contribution in [0.15, 0.2) is 46.9 Å². The van der Waals surface area contributed by atoms with Gasteiger partial charge in [0.2, 0.25) is 11.7 Å². The Morgan fingerprint density at radius 1 is 1.23 bits per heavy atom. The summed E-state index contributed by atoms with van der Waals surface area (Å²) in [5.74, 6) is -2.02. The molecule has 22 heavy (non-hydrogen) atoms. The predicted molar refractivity (Wildman–Crippen MR) is 80.0 cm³/mol. The summed E-state index contributed by atoms with van der Waals surface area (Å²) in [5, 5.41) is 11.7. The monoisotopic (exact) mass is 296 g/mol. The molecule has 0 radical (unpaired) electrons. The molecule has 1 amide bonds. The molecule has 0 saturated carbocycles. The molecule has 112 valence electrons. The van der Waals surface area contributed by atoms with Crippen LogP contribution in [0.5, 0.6) is 0 Å². The van der Waals surface area contributed by atoms with Gasteiger partial charge in [0, 0.05) is 6.54 Å². The highest BCUT2D eigenvalue weighted by Crippen LogP contribution is 2.12. The third kappa shape index (κ3) is 3.83. The van der Waals surface area contributed by atoms with E-state index in [1.165, 1.54) is 6.07 Å². The number of carbonyl (C=O) groups is 2. The van der Waals surface area contributed by atoms with E-state index in [0.717, 1.165) is 5.56 Å². The average molecular weight is 296 g/mol. The zero-order valence-electron chi connectivity index (χ0n) is 12.2. The topological polar surface area (TPSA) is 83.1 Å². The smallest absolute Gasteiger partial charge is 0.245 e. The summed E-state index contributed by atoms with van der Waals surface area (Å²) in [6.45, 7) is 2.06. The fourth-order valence-electron chi connectivity index (χ4n) is 2.02. The Hall–Kier alpha value is -2.87. The molecule has 0 aliphatic carbocycles. The van der Waals surface area contributed by atoms with Crippen LogP contribution >= 0.6 is 0 Å². The van der Waals surface area contributed by atoms with E-state index in [9.17, 15) is 9.59 Å². The Bertz CT molecular complexity index is 698. The number of hydrogen-bond acceptors (Lipinski definition) is 4. The van der Waals surface area contributed by atoms with E-state index in [2.05, 4.69) is 5.32 Å². The molecule has 5 heteroatoms. The number of hydrogen-bond donors (Lipinski definition) is 1. The van der Waals surface area contributed by atoms with Crippen LogP contribution in [0.25, 0.3) is 0 Å². The number of nitrogens with zero attached hydrogens (tertiary/aromatic N) is 1. The van der Waals surface area contributed by atoms with Crippen LogP contribution < -0.4 is 5.32 Å². The molecule has 0 bridgehead atoms. The highest BCUT2D eigenvalue weighted by molar-refractivity contribution is 6.10. The van der Waals surface area contributed by atoms with Gasteiger partial charge in [-0.15, -0.1) is 0 Å². The number of carbonyl (C=O) groups excluding carboxylic acids is 2. The van der Waals surface area contributed by atoms with Crippen LogP contribution in [-0.2, 0) is 11.2 Å². The van der Waals surface area contributed by atoms with Gasteiger partial charge in [0.25, 0.3) is 0 Å². The number of aryl methyl sites for hydroxylation is 1. The zero-order chi connectivity index (χ0) is 15.9. The molecule has 1 aromatic heterocycles. The van der Waals surface area contributed by atoms with E-state index in [1.807, 2.05) is 30.3 Å². The van der Waals surface area contributed by atoms with Crippen molar-refractivity contribution >= 4 is 11.7 Å². The van der Waals surface area contributed by atoms with Crippen molar-refractivity contribution < 1.29 is 14.0 Å². The Labute approximate surface area is 128 Å². The zero-order valence-corrected chi connectivity index (χ0v) is 12.2. The Morgan fingerprint density at radius 3 is 2.55 bits per heavy atom. The van der Waals surface area contributed by atoms with E-state index in [4.69, 9.17) is 9.68 Å². The van der Waals surface area contributed by atoms with Crippen LogP contribution in [0.1, 0.15) is 21.9 Å². The molecular formula is C17H16N2O3. The van der Waals surface area contributed by atoms with Gasteiger partial charge in [-0.05, 0) is 31.0 Å². The maximum atomic E-state index is 12.1. The summed E-state index contributed by atoms with van der Waals surface area (Å²) in [6.07, 6.45) is 0.638. The highest BCUT2D eigenvalue weighted by Gasteiger charge is 2.29. The van der Waals surface area contributed by atoms with Gasteiger partial charge in [-0.3, -0.25) is 9.59 Å². The van der Waals surface area contributed by atoms with Gasteiger partial charge in [0.15, 0.2) is 11.7 Å². The number of nitrogens with one attached hydrogen (secondary N) is 1. The first-order valence-corrected chi connectivity index (χ1v) is 6.93. The third-order valence-electron chi connectivity index (χ3n) is 3.19. The predicted octanol–water partition coefficient (Wildman–Crippen LogP) is 2.27. The molecule has 1 aromatic carbocycles. The van der Waals surface area contributed by atoms with E-state index >= 15 is 0 Å². The van der Waals surface area contributed by atoms with Crippen LogP contribution in [0.4, 0.5) is 0 Å². The number of benzene rings is 1. The quantitative estimate of drug-likeness (QED) is 0.654. The summed E-state index contributed by atoms with van der Waals surface area (Å²) in [5.41, 5.74) is 1.07. The molecule has 1 N–H and O–H groups in total. The fourth-order valence-corrected chi connectivity index (χ4v) is 2.02. The van der Waals surface area contributed by atoms with Crippen LogP contribution in [-0.4, -0.2) is 18.2 Å². The summed E-state index contributed by atoms with van der Waals surface area (Å²) in [4.78, 5) is 24.1. The van der Waals surface area contributed by atoms with Crippen molar-refractivity contribution in [3.63, 3.8) is 0 Å². The molecule has 2 aromatic rings. The number of furan rings is 1. The lowest BCUT2D eigenvalue weighted by molar-refractivity contribution is -0.122. The molecule has 2 rings (SSSR count). The van der Waals surface area contributed by atoms with E-state index in [1.54, 1.807) is 19.1 Å². The van der Waals surface area contributed by atoms with Gasteiger partial charge in [0.1, 0.15) is 5.76 Å². The average Bonchev–Trinajstić information content (AvgIpc) is 2.95. The number of ketones is 1. The Balaban J connectivity index is 1.92. The third-order valence-corrected chi connectivity index (χ3v) is 3.19. The normalized spacial score (nSPS) is 11.5.